The maximum absolute atomic E-state index is 8.73. The molecule has 0 unspecified atom stereocenters. The van der Waals surface area contributed by atoms with Gasteiger partial charge in [-0.1, -0.05) is 30.3 Å². The minimum absolute atomic E-state index is 0.304. The third-order valence-corrected chi connectivity index (χ3v) is 2.99. The standard InChI is InChI=1S/C15H17N5/c1-19(9-8-16)14-10-15(18-12-17-14)20(2)11-13-6-4-3-5-7-13/h3-7,10,12H,9,11H2,1-2H3. The van der Waals surface area contributed by atoms with E-state index in [9.17, 15) is 0 Å². The zero-order valence-corrected chi connectivity index (χ0v) is 11.7. The van der Waals surface area contributed by atoms with Crippen molar-refractivity contribution in [2.75, 3.05) is 30.4 Å². The molecule has 1 heterocycles. The predicted molar refractivity (Wildman–Crippen MR) is 79.5 cm³/mol. The highest BCUT2D eigenvalue weighted by atomic mass is 15.2. The number of rotatable bonds is 5. The molecule has 0 N–H and O–H groups in total. The van der Waals surface area contributed by atoms with E-state index in [1.54, 1.807) is 4.90 Å². The lowest BCUT2D eigenvalue weighted by Crippen LogP contribution is -2.21. The van der Waals surface area contributed by atoms with Gasteiger partial charge < -0.3 is 9.80 Å². The fraction of sp³-hybridized carbons (Fsp3) is 0.267. The summed E-state index contributed by atoms with van der Waals surface area (Å²) in [5.74, 6) is 1.58. The van der Waals surface area contributed by atoms with Gasteiger partial charge in [0.25, 0.3) is 0 Å². The fourth-order valence-corrected chi connectivity index (χ4v) is 1.88. The molecule has 0 saturated carbocycles. The van der Waals surface area contributed by atoms with E-state index in [4.69, 9.17) is 5.26 Å². The van der Waals surface area contributed by atoms with Crippen LogP contribution in [0.3, 0.4) is 0 Å². The van der Waals surface area contributed by atoms with Crippen LogP contribution in [0.5, 0.6) is 0 Å². The first-order valence-corrected chi connectivity index (χ1v) is 6.36. The first-order valence-electron chi connectivity index (χ1n) is 6.36. The molecule has 20 heavy (non-hydrogen) atoms. The zero-order chi connectivity index (χ0) is 14.4. The molecule has 2 rings (SSSR count). The number of benzene rings is 1. The fourth-order valence-electron chi connectivity index (χ4n) is 1.88. The molecular weight excluding hydrogens is 250 g/mol. The summed E-state index contributed by atoms with van der Waals surface area (Å²) in [6, 6.07) is 14.2. The molecule has 0 fully saturated rings. The number of hydrogen-bond donors (Lipinski definition) is 0. The maximum atomic E-state index is 8.73. The lowest BCUT2D eigenvalue weighted by Gasteiger charge is -2.20. The van der Waals surface area contributed by atoms with Crippen LogP contribution in [-0.4, -0.2) is 30.6 Å². The van der Waals surface area contributed by atoms with E-state index in [-0.39, 0.29) is 0 Å². The molecule has 0 aliphatic carbocycles. The van der Waals surface area contributed by atoms with E-state index in [0.29, 0.717) is 6.54 Å². The number of nitriles is 1. The third-order valence-electron chi connectivity index (χ3n) is 2.99. The molecule has 0 spiro atoms. The van der Waals surface area contributed by atoms with Gasteiger partial charge in [0.1, 0.15) is 24.5 Å². The zero-order valence-electron chi connectivity index (χ0n) is 11.7. The third kappa shape index (κ3) is 3.45. The number of anilines is 2. The highest BCUT2D eigenvalue weighted by Crippen LogP contribution is 2.17. The van der Waals surface area contributed by atoms with Crippen LogP contribution in [0.2, 0.25) is 0 Å². The molecule has 102 valence electrons. The van der Waals surface area contributed by atoms with Crippen molar-refractivity contribution >= 4 is 11.6 Å². The maximum Gasteiger partial charge on any atom is 0.134 e. The van der Waals surface area contributed by atoms with Crippen molar-refractivity contribution in [3.8, 4) is 6.07 Å². The Morgan fingerprint density at radius 1 is 1.05 bits per heavy atom. The molecule has 2 aromatic rings. The Labute approximate surface area is 119 Å². The van der Waals surface area contributed by atoms with Gasteiger partial charge >= 0.3 is 0 Å². The molecule has 0 amide bonds. The second-order valence-electron chi connectivity index (χ2n) is 4.59. The van der Waals surface area contributed by atoms with Gasteiger partial charge in [-0.25, -0.2) is 9.97 Å². The summed E-state index contributed by atoms with van der Waals surface area (Å²) in [7, 11) is 3.83. The molecule has 0 aliphatic heterocycles. The van der Waals surface area contributed by atoms with E-state index in [0.717, 1.165) is 18.2 Å². The lowest BCUT2D eigenvalue weighted by molar-refractivity contribution is 0.883. The molecule has 5 nitrogen and oxygen atoms in total. The van der Waals surface area contributed by atoms with Gasteiger partial charge in [-0.2, -0.15) is 5.26 Å². The van der Waals surface area contributed by atoms with Crippen molar-refractivity contribution in [3.63, 3.8) is 0 Å². The lowest BCUT2D eigenvalue weighted by atomic mass is 10.2. The summed E-state index contributed by atoms with van der Waals surface area (Å²) in [5.41, 5.74) is 1.22. The first kappa shape index (κ1) is 13.8. The van der Waals surface area contributed by atoms with Crippen LogP contribution in [0.15, 0.2) is 42.7 Å². The summed E-state index contributed by atoms with van der Waals surface area (Å²) in [6.07, 6.45) is 1.53. The molecular formula is C15H17N5. The Kier molecular flexibility index (Phi) is 4.51. The molecule has 0 atom stereocenters. The first-order chi connectivity index (χ1) is 9.70. The average molecular weight is 267 g/mol. The van der Waals surface area contributed by atoms with Crippen molar-refractivity contribution < 1.29 is 0 Å². The minimum Gasteiger partial charge on any atom is -0.355 e. The van der Waals surface area contributed by atoms with Crippen molar-refractivity contribution in [2.45, 2.75) is 6.54 Å². The van der Waals surface area contributed by atoms with E-state index in [1.807, 2.05) is 38.4 Å². The number of hydrogen-bond acceptors (Lipinski definition) is 5. The van der Waals surface area contributed by atoms with Crippen molar-refractivity contribution in [2.24, 2.45) is 0 Å². The summed E-state index contributed by atoms with van der Waals surface area (Å²) >= 11 is 0. The highest BCUT2D eigenvalue weighted by molar-refractivity contribution is 5.50. The molecule has 0 saturated heterocycles. The Morgan fingerprint density at radius 2 is 1.70 bits per heavy atom. The van der Waals surface area contributed by atoms with Crippen LogP contribution in [0.25, 0.3) is 0 Å². The van der Waals surface area contributed by atoms with Crippen molar-refractivity contribution in [1.82, 2.24) is 9.97 Å². The van der Waals surface area contributed by atoms with E-state index in [2.05, 4.69) is 33.1 Å². The Hall–Kier alpha value is -2.61. The summed E-state index contributed by atoms with van der Waals surface area (Å²) in [6.45, 7) is 1.08. The van der Waals surface area contributed by atoms with Crippen LogP contribution >= 0.6 is 0 Å². The second kappa shape index (κ2) is 6.53. The van der Waals surface area contributed by atoms with E-state index < -0.39 is 0 Å². The van der Waals surface area contributed by atoms with Gasteiger partial charge in [0.15, 0.2) is 0 Å². The van der Waals surface area contributed by atoms with Gasteiger partial charge in [0, 0.05) is 26.7 Å². The normalized spacial score (nSPS) is 9.85. The second-order valence-corrected chi connectivity index (χ2v) is 4.59. The minimum atomic E-state index is 0.304. The summed E-state index contributed by atoms with van der Waals surface area (Å²) < 4.78 is 0. The molecule has 1 aromatic heterocycles. The van der Waals surface area contributed by atoms with Gasteiger partial charge in [-0.15, -0.1) is 0 Å². The van der Waals surface area contributed by atoms with Crippen LogP contribution in [-0.2, 0) is 6.54 Å². The summed E-state index contributed by atoms with van der Waals surface area (Å²) in [5, 5.41) is 8.73. The molecule has 0 aliphatic rings. The Bertz CT molecular complexity index is 591. The van der Waals surface area contributed by atoms with Crippen molar-refractivity contribution in [3.05, 3.63) is 48.3 Å². The molecule has 5 heteroatoms. The molecule has 0 bridgehead atoms. The van der Waals surface area contributed by atoms with Crippen LogP contribution in [0.1, 0.15) is 5.56 Å². The summed E-state index contributed by atoms with van der Waals surface area (Å²) in [4.78, 5) is 12.3. The van der Waals surface area contributed by atoms with E-state index in [1.165, 1.54) is 11.9 Å². The predicted octanol–water partition coefficient (Wildman–Crippen LogP) is 2.07. The van der Waals surface area contributed by atoms with Crippen LogP contribution in [0, 0.1) is 11.3 Å². The molecule has 0 radical (unpaired) electrons. The van der Waals surface area contributed by atoms with Gasteiger partial charge in [-0.3, -0.25) is 0 Å². The van der Waals surface area contributed by atoms with E-state index >= 15 is 0 Å². The topological polar surface area (TPSA) is 56.1 Å². The number of nitrogens with zero attached hydrogens (tertiary/aromatic N) is 5. The van der Waals surface area contributed by atoms with Gasteiger partial charge in [-0.05, 0) is 5.56 Å². The highest BCUT2D eigenvalue weighted by Gasteiger charge is 2.07. The van der Waals surface area contributed by atoms with Gasteiger partial charge in [0.2, 0.25) is 0 Å². The smallest absolute Gasteiger partial charge is 0.134 e. The Balaban J connectivity index is 2.12. The van der Waals surface area contributed by atoms with Crippen molar-refractivity contribution in [1.29, 1.82) is 5.26 Å². The quantitative estimate of drug-likeness (QED) is 0.776. The van der Waals surface area contributed by atoms with Crippen LogP contribution in [0.4, 0.5) is 11.6 Å². The monoisotopic (exact) mass is 267 g/mol. The number of aromatic nitrogens is 2. The van der Waals surface area contributed by atoms with Crippen LogP contribution < -0.4 is 9.80 Å². The molecule has 1 aromatic carbocycles. The largest absolute Gasteiger partial charge is 0.355 e. The van der Waals surface area contributed by atoms with Gasteiger partial charge in [0.05, 0.1) is 6.07 Å². The Morgan fingerprint density at radius 3 is 2.35 bits per heavy atom. The average Bonchev–Trinajstić information content (AvgIpc) is 2.48. The SMILES string of the molecule is CN(CC#N)c1cc(N(C)Cc2ccccc2)ncn1.